The van der Waals surface area contributed by atoms with Gasteiger partial charge in [0.2, 0.25) is 0 Å². The third-order valence-electron chi connectivity index (χ3n) is 9.49. The third-order valence-corrected chi connectivity index (χ3v) is 9.49. The molecule has 0 radical (unpaired) electrons. The van der Waals surface area contributed by atoms with Gasteiger partial charge in [-0.05, 0) is 163 Å². The molecule has 0 aliphatic heterocycles. The van der Waals surface area contributed by atoms with Crippen molar-refractivity contribution in [3.05, 3.63) is 130 Å². The first-order chi connectivity index (χ1) is 19.0. The summed E-state index contributed by atoms with van der Waals surface area (Å²) in [5.74, 6) is 0. The highest BCUT2D eigenvalue weighted by molar-refractivity contribution is 6.14. The van der Waals surface area contributed by atoms with Crippen molar-refractivity contribution in [2.45, 2.75) is 34.1 Å². The van der Waals surface area contributed by atoms with Crippen LogP contribution in [0.4, 0.5) is 0 Å². The molecular formula is C39H30. The van der Waals surface area contributed by atoms with Gasteiger partial charge in [-0.3, -0.25) is 0 Å². The smallest absolute Gasteiger partial charge is 0.000728 e. The fraction of sp³-hybridized carbons (Fsp3) is 0.128. The Morgan fingerprint density at radius 2 is 1.05 bits per heavy atom. The monoisotopic (exact) mass is 498 g/mol. The molecule has 39 heavy (non-hydrogen) atoms. The van der Waals surface area contributed by atoms with Crippen molar-refractivity contribution in [1.29, 1.82) is 0 Å². The molecule has 0 saturated carbocycles. The molecule has 0 heterocycles. The third kappa shape index (κ3) is 3.12. The maximum atomic E-state index is 2.47. The van der Waals surface area contributed by atoms with Gasteiger partial charge in [0.05, 0.1) is 0 Å². The van der Waals surface area contributed by atoms with Crippen molar-refractivity contribution in [2.75, 3.05) is 0 Å². The van der Waals surface area contributed by atoms with Crippen molar-refractivity contribution < 1.29 is 0 Å². The molecule has 0 atom stereocenters. The molecule has 0 amide bonds. The van der Waals surface area contributed by atoms with Gasteiger partial charge in [-0.25, -0.2) is 0 Å². The van der Waals surface area contributed by atoms with Crippen LogP contribution in [0, 0.1) is 27.7 Å². The molecular weight excluding hydrogens is 468 g/mol. The lowest BCUT2D eigenvalue weighted by atomic mass is 9.82. The van der Waals surface area contributed by atoms with E-state index in [0.717, 1.165) is 6.42 Å². The number of benzene rings is 7. The normalized spacial score (nSPS) is 12.5. The molecule has 186 valence electrons. The topological polar surface area (TPSA) is 0 Å². The fourth-order valence-electron chi connectivity index (χ4n) is 7.30. The number of hydrogen-bond donors (Lipinski definition) is 0. The molecule has 0 spiro atoms. The molecule has 0 fully saturated rings. The maximum absolute atomic E-state index is 2.47. The van der Waals surface area contributed by atoms with Crippen LogP contribution in [0.15, 0.2) is 97.1 Å². The molecule has 1 aliphatic rings. The summed E-state index contributed by atoms with van der Waals surface area (Å²) in [4.78, 5) is 0. The van der Waals surface area contributed by atoms with E-state index in [1.165, 1.54) is 98.7 Å². The highest BCUT2D eigenvalue weighted by atomic mass is 14.3. The van der Waals surface area contributed by atoms with Gasteiger partial charge in [-0.15, -0.1) is 0 Å². The van der Waals surface area contributed by atoms with Crippen LogP contribution in [0.3, 0.4) is 0 Å². The van der Waals surface area contributed by atoms with E-state index in [9.17, 15) is 0 Å². The number of fused-ring (bicyclic) bond motifs is 7. The van der Waals surface area contributed by atoms with Crippen LogP contribution in [-0.4, -0.2) is 0 Å². The quantitative estimate of drug-likeness (QED) is 0.197. The van der Waals surface area contributed by atoms with Crippen LogP contribution < -0.4 is 0 Å². The van der Waals surface area contributed by atoms with Gasteiger partial charge in [0.1, 0.15) is 0 Å². The zero-order valence-corrected chi connectivity index (χ0v) is 22.9. The molecule has 0 bridgehead atoms. The summed E-state index contributed by atoms with van der Waals surface area (Å²) in [6.45, 7) is 9.27. The molecule has 0 N–H and O–H groups in total. The second-order valence-electron chi connectivity index (χ2n) is 11.5. The number of hydrogen-bond acceptors (Lipinski definition) is 0. The van der Waals surface area contributed by atoms with Gasteiger partial charge >= 0.3 is 0 Å². The first-order valence-corrected chi connectivity index (χ1v) is 14.0. The molecule has 0 saturated heterocycles. The summed E-state index contributed by atoms with van der Waals surface area (Å²) < 4.78 is 0. The van der Waals surface area contributed by atoms with Crippen LogP contribution >= 0.6 is 0 Å². The summed E-state index contributed by atoms with van der Waals surface area (Å²) in [7, 11) is 0. The van der Waals surface area contributed by atoms with Crippen LogP contribution in [0.5, 0.6) is 0 Å². The summed E-state index contributed by atoms with van der Waals surface area (Å²) in [5, 5.41) is 10.7. The van der Waals surface area contributed by atoms with E-state index in [2.05, 4.69) is 125 Å². The Hall–Kier alpha value is -4.42. The molecule has 7 aromatic carbocycles. The molecule has 0 unspecified atom stereocenters. The highest BCUT2D eigenvalue weighted by Gasteiger charge is 2.24. The van der Waals surface area contributed by atoms with Gasteiger partial charge in [0.15, 0.2) is 0 Å². The van der Waals surface area contributed by atoms with Crippen LogP contribution in [0.25, 0.3) is 65.3 Å². The lowest BCUT2D eigenvalue weighted by Crippen LogP contribution is -1.99. The van der Waals surface area contributed by atoms with E-state index in [-0.39, 0.29) is 0 Å². The highest BCUT2D eigenvalue weighted by Crippen LogP contribution is 2.47. The molecule has 0 aromatic heterocycles. The Morgan fingerprint density at radius 3 is 1.85 bits per heavy atom. The molecule has 0 heteroatoms. The minimum Gasteiger partial charge on any atom is -0.0619 e. The Morgan fingerprint density at radius 1 is 0.436 bits per heavy atom. The molecule has 7 aromatic rings. The first kappa shape index (κ1) is 22.6. The largest absolute Gasteiger partial charge is 0.0619 e. The summed E-state index contributed by atoms with van der Waals surface area (Å²) in [5.41, 5.74) is 14.1. The number of aryl methyl sites for hydroxylation is 2. The Labute approximate surface area is 229 Å². The minimum atomic E-state index is 1.000. The lowest BCUT2D eigenvalue weighted by molar-refractivity contribution is 1.25. The molecule has 1 aliphatic carbocycles. The zero-order chi connectivity index (χ0) is 26.4. The van der Waals surface area contributed by atoms with Crippen molar-refractivity contribution in [1.82, 2.24) is 0 Å². The van der Waals surface area contributed by atoms with E-state index < -0.39 is 0 Å². The van der Waals surface area contributed by atoms with Gasteiger partial charge in [0.25, 0.3) is 0 Å². The van der Waals surface area contributed by atoms with Crippen LogP contribution in [-0.2, 0) is 6.42 Å². The second-order valence-corrected chi connectivity index (χ2v) is 11.5. The fourth-order valence-corrected chi connectivity index (χ4v) is 7.30. The Bertz CT molecular complexity index is 2170. The van der Waals surface area contributed by atoms with Crippen LogP contribution in [0.2, 0.25) is 0 Å². The average molecular weight is 499 g/mol. The first-order valence-electron chi connectivity index (χ1n) is 14.0. The van der Waals surface area contributed by atoms with Gasteiger partial charge in [-0.2, -0.15) is 0 Å². The van der Waals surface area contributed by atoms with E-state index >= 15 is 0 Å². The van der Waals surface area contributed by atoms with Crippen molar-refractivity contribution in [3.63, 3.8) is 0 Å². The van der Waals surface area contributed by atoms with E-state index in [0.29, 0.717) is 0 Å². The predicted octanol–water partition coefficient (Wildman–Crippen LogP) is 10.8. The standard InChI is InChI=1S/C39H30/c1-22-23(2)38-25(4)35-20-30-17-27-11-6-5-10-26(27)16-29(30)18-31(35)21-37(38)39(24(22)3)34-15-9-14-33-32-13-8-7-12-28(32)19-36(33)34/h5-18,20-21H,19H2,1-4H3. The minimum absolute atomic E-state index is 1.000. The Balaban J connectivity index is 1.48. The van der Waals surface area contributed by atoms with Gasteiger partial charge < -0.3 is 0 Å². The number of rotatable bonds is 1. The summed E-state index contributed by atoms with van der Waals surface area (Å²) in [6, 6.07) is 36.5. The van der Waals surface area contributed by atoms with Crippen LogP contribution in [0.1, 0.15) is 33.4 Å². The Kier molecular flexibility index (Phi) is 4.65. The molecule has 0 nitrogen and oxygen atoms in total. The summed E-state index contributed by atoms with van der Waals surface area (Å²) in [6.07, 6.45) is 1.000. The SMILES string of the molecule is Cc1c(C)c(C)c2c(C)c3cc4cc5ccccc5cc4cc3cc2c1-c1cccc2c1Cc1ccccc1-2. The zero-order valence-electron chi connectivity index (χ0n) is 22.9. The maximum Gasteiger partial charge on any atom is -0.000728 e. The van der Waals surface area contributed by atoms with E-state index in [1.54, 1.807) is 0 Å². The molecule has 8 rings (SSSR count). The van der Waals surface area contributed by atoms with Gasteiger partial charge in [0, 0.05) is 0 Å². The summed E-state index contributed by atoms with van der Waals surface area (Å²) >= 11 is 0. The van der Waals surface area contributed by atoms with E-state index in [1.807, 2.05) is 0 Å². The average Bonchev–Trinajstić information content (AvgIpc) is 3.34. The van der Waals surface area contributed by atoms with Crippen molar-refractivity contribution in [3.8, 4) is 22.3 Å². The van der Waals surface area contributed by atoms with Crippen molar-refractivity contribution >= 4 is 43.1 Å². The van der Waals surface area contributed by atoms with E-state index in [4.69, 9.17) is 0 Å². The second kappa shape index (κ2) is 8.04. The lowest BCUT2D eigenvalue weighted by Gasteiger charge is -2.22. The predicted molar refractivity (Wildman–Crippen MR) is 169 cm³/mol. The van der Waals surface area contributed by atoms with Gasteiger partial charge in [-0.1, -0.05) is 66.7 Å². The van der Waals surface area contributed by atoms with Crippen molar-refractivity contribution in [2.24, 2.45) is 0 Å².